The van der Waals surface area contributed by atoms with Crippen LogP contribution in [0.4, 0.5) is 5.82 Å². The Balaban J connectivity index is 1.87. The summed E-state index contributed by atoms with van der Waals surface area (Å²) in [4.78, 5) is 12.6. The maximum Gasteiger partial charge on any atom is 0.224 e. The second-order valence-corrected chi connectivity index (χ2v) is 5.12. The van der Waals surface area contributed by atoms with E-state index in [9.17, 15) is 0 Å². The molecule has 1 aliphatic carbocycles. The molecule has 5 nitrogen and oxygen atoms in total. The molecule has 1 aliphatic rings. The number of halogens is 1. The van der Waals surface area contributed by atoms with Crippen molar-refractivity contribution in [1.29, 1.82) is 0 Å². The van der Waals surface area contributed by atoms with E-state index in [-0.39, 0.29) is 0 Å². The minimum atomic E-state index is 0.435. The van der Waals surface area contributed by atoms with Crippen molar-refractivity contribution in [2.45, 2.75) is 18.8 Å². The molecule has 0 saturated heterocycles. The zero-order chi connectivity index (χ0) is 12.5. The molecule has 2 aromatic heterocycles. The maximum atomic E-state index is 5.75. The second kappa shape index (κ2) is 4.53. The van der Waals surface area contributed by atoms with Crippen LogP contribution in [-0.2, 0) is 0 Å². The Hall–Kier alpha value is -1.69. The van der Waals surface area contributed by atoms with Gasteiger partial charge in [0.1, 0.15) is 17.4 Å². The number of rotatable bonds is 3. The quantitative estimate of drug-likeness (QED) is 0.943. The highest BCUT2D eigenvalue weighted by Crippen LogP contribution is 2.39. The predicted molar refractivity (Wildman–Crippen MR) is 70.4 cm³/mol. The van der Waals surface area contributed by atoms with Gasteiger partial charge in [0.15, 0.2) is 0 Å². The Labute approximate surface area is 113 Å². The second-order valence-electron chi connectivity index (χ2n) is 4.20. The molecule has 3 rings (SSSR count). The van der Waals surface area contributed by atoms with E-state index < -0.39 is 0 Å². The van der Waals surface area contributed by atoms with Crippen molar-refractivity contribution in [3.8, 4) is 11.6 Å². The standard InChI is InChI=1S/C12H11BrN4O/c13-8-3-9(6-15-5-8)18-11-4-10(14)16-12(17-11)7-1-2-7/h3-7H,1-2H2,(H2,14,16,17). The summed E-state index contributed by atoms with van der Waals surface area (Å²) in [6.07, 6.45) is 5.57. The monoisotopic (exact) mass is 306 g/mol. The number of ether oxygens (including phenoxy) is 1. The summed E-state index contributed by atoms with van der Waals surface area (Å²) in [5, 5.41) is 0. The Morgan fingerprint density at radius 2 is 2.06 bits per heavy atom. The van der Waals surface area contributed by atoms with Crippen LogP contribution in [-0.4, -0.2) is 15.0 Å². The molecule has 0 atom stereocenters. The summed E-state index contributed by atoms with van der Waals surface area (Å²) in [5.74, 6) is 2.72. The lowest BCUT2D eigenvalue weighted by Crippen LogP contribution is -2.00. The first-order valence-corrected chi connectivity index (χ1v) is 6.43. The highest BCUT2D eigenvalue weighted by Gasteiger charge is 2.27. The van der Waals surface area contributed by atoms with Crippen molar-refractivity contribution in [2.75, 3.05) is 5.73 Å². The van der Waals surface area contributed by atoms with Gasteiger partial charge in [-0.05, 0) is 34.8 Å². The lowest BCUT2D eigenvalue weighted by molar-refractivity contribution is 0.456. The first-order valence-electron chi connectivity index (χ1n) is 5.63. The molecule has 1 saturated carbocycles. The number of pyridine rings is 1. The van der Waals surface area contributed by atoms with Crippen LogP contribution in [0.3, 0.4) is 0 Å². The van der Waals surface area contributed by atoms with Crippen molar-refractivity contribution in [3.05, 3.63) is 34.8 Å². The predicted octanol–water partition coefficient (Wildman–Crippen LogP) is 2.89. The van der Waals surface area contributed by atoms with Gasteiger partial charge >= 0.3 is 0 Å². The molecule has 2 aromatic rings. The van der Waals surface area contributed by atoms with E-state index in [0.717, 1.165) is 23.1 Å². The Kier molecular flexibility index (Phi) is 2.87. The fraction of sp³-hybridized carbons (Fsp3) is 0.250. The van der Waals surface area contributed by atoms with Gasteiger partial charge in [-0.3, -0.25) is 4.98 Å². The number of aromatic nitrogens is 3. The largest absolute Gasteiger partial charge is 0.437 e. The molecule has 92 valence electrons. The van der Waals surface area contributed by atoms with Crippen LogP contribution in [0.5, 0.6) is 11.6 Å². The summed E-state index contributed by atoms with van der Waals surface area (Å²) in [7, 11) is 0. The van der Waals surface area contributed by atoms with Crippen LogP contribution in [0.1, 0.15) is 24.6 Å². The zero-order valence-electron chi connectivity index (χ0n) is 9.51. The molecule has 2 heterocycles. The maximum absolute atomic E-state index is 5.75. The molecule has 2 N–H and O–H groups in total. The average molecular weight is 307 g/mol. The first kappa shape index (κ1) is 11.4. The van der Waals surface area contributed by atoms with Gasteiger partial charge in [-0.2, -0.15) is 4.98 Å². The summed E-state index contributed by atoms with van der Waals surface area (Å²) in [6.45, 7) is 0. The van der Waals surface area contributed by atoms with Gasteiger partial charge in [-0.1, -0.05) is 0 Å². The van der Waals surface area contributed by atoms with Crippen LogP contribution in [0.25, 0.3) is 0 Å². The third-order valence-corrected chi connectivity index (χ3v) is 3.02. The average Bonchev–Trinajstić information content (AvgIpc) is 3.11. The summed E-state index contributed by atoms with van der Waals surface area (Å²) in [5.41, 5.74) is 5.75. The molecule has 0 bridgehead atoms. The molecular weight excluding hydrogens is 296 g/mol. The highest BCUT2D eigenvalue weighted by atomic mass is 79.9. The third kappa shape index (κ3) is 2.59. The fourth-order valence-electron chi connectivity index (χ4n) is 1.61. The van der Waals surface area contributed by atoms with E-state index in [1.165, 1.54) is 0 Å². The van der Waals surface area contributed by atoms with Gasteiger partial charge in [0.2, 0.25) is 5.88 Å². The number of anilines is 1. The van der Waals surface area contributed by atoms with Crippen LogP contribution < -0.4 is 10.5 Å². The van der Waals surface area contributed by atoms with E-state index >= 15 is 0 Å². The molecule has 1 fully saturated rings. The number of nitrogens with zero attached hydrogens (tertiary/aromatic N) is 3. The van der Waals surface area contributed by atoms with E-state index in [1.807, 2.05) is 6.07 Å². The topological polar surface area (TPSA) is 73.9 Å². The summed E-state index contributed by atoms with van der Waals surface area (Å²) in [6, 6.07) is 3.44. The summed E-state index contributed by atoms with van der Waals surface area (Å²) < 4.78 is 6.49. The molecule has 0 unspecified atom stereocenters. The molecule has 0 amide bonds. The molecule has 18 heavy (non-hydrogen) atoms. The van der Waals surface area contributed by atoms with Gasteiger partial charge < -0.3 is 10.5 Å². The van der Waals surface area contributed by atoms with E-state index in [2.05, 4.69) is 30.9 Å². The Bertz CT molecular complexity index is 586. The molecular formula is C12H11BrN4O. The van der Waals surface area contributed by atoms with Crippen molar-refractivity contribution < 1.29 is 4.74 Å². The third-order valence-electron chi connectivity index (χ3n) is 2.58. The molecule has 0 aliphatic heterocycles. The number of nitrogens with two attached hydrogens (primary N) is 1. The summed E-state index contributed by atoms with van der Waals surface area (Å²) >= 11 is 3.34. The molecule has 0 aromatic carbocycles. The molecule has 0 radical (unpaired) electrons. The van der Waals surface area contributed by atoms with E-state index in [0.29, 0.717) is 23.4 Å². The van der Waals surface area contributed by atoms with Gasteiger partial charge in [0.05, 0.1) is 6.20 Å². The lowest BCUT2D eigenvalue weighted by atomic mass is 10.4. The Morgan fingerprint density at radius 3 is 2.78 bits per heavy atom. The SMILES string of the molecule is Nc1cc(Oc2cncc(Br)c2)nc(C2CC2)n1. The molecule has 6 heteroatoms. The lowest BCUT2D eigenvalue weighted by Gasteiger charge is -2.07. The van der Waals surface area contributed by atoms with Gasteiger partial charge in [-0.15, -0.1) is 0 Å². The number of nitrogen functional groups attached to an aromatic ring is 1. The zero-order valence-corrected chi connectivity index (χ0v) is 11.1. The Morgan fingerprint density at radius 1 is 1.22 bits per heavy atom. The number of hydrogen-bond acceptors (Lipinski definition) is 5. The molecule has 0 spiro atoms. The minimum absolute atomic E-state index is 0.435. The minimum Gasteiger partial charge on any atom is -0.437 e. The van der Waals surface area contributed by atoms with Gasteiger partial charge in [-0.25, -0.2) is 4.98 Å². The van der Waals surface area contributed by atoms with Crippen molar-refractivity contribution >= 4 is 21.7 Å². The van der Waals surface area contributed by atoms with Crippen LogP contribution in [0.15, 0.2) is 29.0 Å². The van der Waals surface area contributed by atoms with Crippen LogP contribution >= 0.6 is 15.9 Å². The van der Waals surface area contributed by atoms with Crippen LogP contribution in [0.2, 0.25) is 0 Å². The van der Waals surface area contributed by atoms with Gasteiger partial charge in [0.25, 0.3) is 0 Å². The fourth-order valence-corrected chi connectivity index (χ4v) is 1.95. The number of hydrogen-bond donors (Lipinski definition) is 1. The normalized spacial score (nSPS) is 14.5. The smallest absolute Gasteiger partial charge is 0.224 e. The van der Waals surface area contributed by atoms with Crippen molar-refractivity contribution in [1.82, 2.24) is 15.0 Å². The van der Waals surface area contributed by atoms with E-state index in [4.69, 9.17) is 10.5 Å². The van der Waals surface area contributed by atoms with Crippen molar-refractivity contribution in [2.24, 2.45) is 0 Å². The van der Waals surface area contributed by atoms with Crippen molar-refractivity contribution in [3.63, 3.8) is 0 Å². The highest BCUT2D eigenvalue weighted by molar-refractivity contribution is 9.10. The van der Waals surface area contributed by atoms with E-state index in [1.54, 1.807) is 18.5 Å². The van der Waals surface area contributed by atoms with Crippen LogP contribution in [0, 0.1) is 0 Å². The van der Waals surface area contributed by atoms with Gasteiger partial charge in [0, 0.05) is 22.7 Å². The first-order chi connectivity index (χ1) is 8.70.